The normalized spacial score (nSPS) is 10.5. The molecule has 0 unspecified atom stereocenters. The third-order valence-corrected chi connectivity index (χ3v) is 1.73. The number of nitrogens with one attached hydrogen (secondary N) is 3. The summed E-state index contributed by atoms with van der Waals surface area (Å²) in [6.07, 6.45) is 2.88. The fourth-order valence-corrected chi connectivity index (χ4v) is 1.04. The fraction of sp³-hybridized carbons (Fsp3) is 0.750. The van der Waals surface area contributed by atoms with Gasteiger partial charge < -0.3 is 10.6 Å². The van der Waals surface area contributed by atoms with E-state index in [4.69, 9.17) is 0 Å². The second-order valence-electron chi connectivity index (χ2n) is 2.85. The molecule has 1 aromatic rings. The van der Waals surface area contributed by atoms with E-state index in [1.54, 1.807) is 6.20 Å². The van der Waals surface area contributed by atoms with Crippen LogP contribution in [0.4, 0.5) is 0 Å². The highest BCUT2D eigenvalue weighted by atomic mass is 15.3. The van der Waals surface area contributed by atoms with Gasteiger partial charge in [-0.15, -0.1) is 0 Å². The third kappa shape index (κ3) is 4.59. The van der Waals surface area contributed by atoms with Gasteiger partial charge in [-0.05, 0) is 26.1 Å². The molecule has 0 fully saturated rings. The highest BCUT2D eigenvalue weighted by Crippen LogP contribution is 1.86. The van der Waals surface area contributed by atoms with E-state index >= 15 is 0 Å². The number of hydrogen-bond donors (Lipinski definition) is 3. The van der Waals surface area contributed by atoms with Crippen LogP contribution in [0.2, 0.25) is 0 Å². The lowest BCUT2D eigenvalue weighted by Gasteiger charge is -2.02. The van der Waals surface area contributed by atoms with Gasteiger partial charge in [-0.1, -0.05) is 6.92 Å². The number of H-pyrrole nitrogens is 1. The number of nitrogens with zero attached hydrogens (tertiary/aromatic N) is 2. The first kappa shape index (κ1) is 10.1. The molecule has 5 nitrogen and oxygen atoms in total. The van der Waals surface area contributed by atoms with Crippen molar-refractivity contribution >= 4 is 0 Å². The molecule has 0 aliphatic rings. The minimum absolute atomic E-state index is 0.794. The second-order valence-corrected chi connectivity index (χ2v) is 2.85. The minimum Gasteiger partial charge on any atom is -0.317 e. The van der Waals surface area contributed by atoms with Crippen molar-refractivity contribution in [3.8, 4) is 0 Å². The van der Waals surface area contributed by atoms with Gasteiger partial charge in [0.05, 0.1) is 11.9 Å². The molecule has 0 aliphatic carbocycles. The molecule has 13 heavy (non-hydrogen) atoms. The Bertz CT molecular complexity index is 196. The molecule has 0 atom stereocenters. The van der Waals surface area contributed by atoms with Crippen LogP contribution in [0.1, 0.15) is 19.0 Å². The van der Waals surface area contributed by atoms with Crippen molar-refractivity contribution < 1.29 is 0 Å². The maximum absolute atomic E-state index is 3.94. The van der Waals surface area contributed by atoms with Gasteiger partial charge in [0.1, 0.15) is 0 Å². The van der Waals surface area contributed by atoms with E-state index in [9.17, 15) is 0 Å². The Morgan fingerprint density at radius 3 is 2.92 bits per heavy atom. The molecule has 0 aliphatic heterocycles. The van der Waals surface area contributed by atoms with Crippen molar-refractivity contribution in [3.05, 3.63) is 11.9 Å². The predicted molar refractivity (Wildman–Crippen MR) is 51.3 cm³/mol. The van der Waals surface area contributed by atoms with Crippen LogP contribution in [0.5, 0.6) is 0 Å². The number of aromatic amines is 1. The lowest BCUT2D eigenvalue weighted by Crippen LogP contribution is -2.21. The summed E-state index contributed by atoms with van der Waals surface area (Å²) in [4.78, 5) is 0. The SMILES string of the molecule is CCNCCCNCc1cn[nH]n1. The van der Waals surface area contributed by atoms with Gasteiger partial charge in [0.25, 0.3) is 0 Å². The second kappa shape index (κ2) is 6.56. The van der Waals surface area contributed by atoms with E-state index in [1.165, 1.54) is 0 Å². The summed E-state index contributed by atoms with van der Waals surface area (Å²) >= 11 is 0. The molecule has 1 heterocycles. The zero-order valence-electron chi connectivity index (χ0n) is 8.01. The molecule has 3 N–H and O–H groups in total. The summed E-state index contributed by atoms with van der Waals surface area (Å²) in [6.45, 7) is 6.04. The van der Waals surface area contributed by atoms with Crippen molar-refractivity contribution in [2.24, 2.45) is 0 Å². The zero-order chi connectivity index (χ0) is 9.36. The van der Waals surface area contributed by atoms with E-state index in [0.717, 1.165) is 38.3 Å². The molecule has 0 radical (unpaired) electrons. The highest BCUT2D eigenvalue weighted by Gasteiger charge is 1.93. The molecule has 0 aromatic carbocycles. The van der Waals surface area contributed by atoms with Gasteiger partial charge in [0.2, 0.25) is 0 Å². The van der Waals surface area contributed by atoms with Crippen LogP contribution in [0.3, 0.4) is 0 Å². The van der Waals surface area contributed by atoms with Crippen molar-refractivity contribution in [1.82, 2.24) is 26.0 Å². The average Bonchev–Trinajstić information content (AvgIpc) is 2.63. The molecular formula is C8H17N5. The fourth-order valence-electron chi connectivity index (χ4n) is 1.04. The largest absolute Gasteiger partial charge is 0.317 e. The van der Waals surface area contributed by atoms with E-state index in [1.807, 2.05) is 0 Å². The van der Waals surface area contributed by atoms with Crippen LogP contribution in [-0.2, 0) is 6.54 Å². The van der Waals surface area contributed by atoms with Crippen LogP contribution in [-0.4, -0.2) is 35.0 Å². The molecule has 0 saturated heterocycles. The zero-order valence-corrected chi connectivity index (χ0v) is 8.01. The quantitative estimate of drug-likeness (QED) is 0.516. The summed E-state index contributed by atoms with van der Waals surface area (Å²) in [5, 5.41) is 16.8. The summed E-state index contributed by atoms with van der Waals surface area (Å²) in [7, 11) is 0. The highest BCUT2D eigenvalue weighted by molar-refractivity contribution is 4.88. The molecule has 74 valence electrons. The average molecular weight is 183 g/mol. The van der Waals surface area contributed by atoms with Gasteiger partial charge in [0, 0.05) is 6.54 Å². The Kier molecular flexibility index (Phi) is 5.12. The monoisotopic (exact) mass is 183 g/mol. The number of aromatic nitrogens is 3. The van der Waals surface area contributed by atoms with Gasteiger partial charge >= 0.3 is 0 Å². The van der Waals surface area contributed by atoms with E-state index in [-0.39, 0.29) is 0 Å². The molecule has 0 bridgehead atoms. The number of hydrogen-bond acceptors (Lipinski definition) is 4. The van der Waals surface area contributed by atoms with Gasteiger partial charge in [0.15, 0.2) is 0 Å². The van der Waals surface area contributed by atoms with Gasteiger partial charge in [-0.2, -0.15) is 15.4 Å². The summed E-state index contributed by atoms with van der Waals surface area (Å²) in [5.74, 6) is 0. The maximum atomic E-state index is 3.94. The summed E-state index contributed by atoms with van der Waals surface area (Å²) in [5.41, 5.74) is 0.962. The Balaban J connectivity index is 1.90. The first-order valence-electron chi connectivity index (χ1n) is 4.69. The minimum atomic E-state index is 0.794. The van der Waals surface area contributed by atoms with E-state index in [0.29, 0.717) is 0 Å². The van der Waals surface area contributed by atoms with E-state index < -0.39 is 0 Å². The molecule has 0 saturated carbocycles. The molecule has 0 amide bonds. The Morgan fingerprint density at radius 1 is 1.38 bits per heavy atom. The van der Waals surface area contributed by atoms with Crippen LogP contribution in [0, 0.1) is 0 Å². The molecular weight excluding hydrogens is 166 g/mol. The standard InChI is InChI=1S/C8H17N5/c1-2-9-4-3-5-10-6-8-7-11-13-12-8/h7,9-10H,2-6H2,1H3,(H,11,12,13). The van der Waals surface area contributed by atoms with E-state index in [2.05, 4.69) is 33.0 Å². The molecule has 0 spiro atoms. The van der Waals surface area contributed by atoms with Crippen LogP contribution in [0.25, 0.3) is 0 Å². The number of rotatable bonds is 7. The summed E-state index contributed by atoms with van der Waals surface area (Å²) < 4.78 is 0. The topological polar surface area (TPSA) is 65.6 Å². The van der Waals surface area contributed by atoms with Crippen LogP contribution in [0.15, 0.2) is 6.20 Å². The summed E-state index contributed by atoms with van der Waals surface area (Å²) in [6, 6.07) is 0. The van der Waals surface area contributed by atoms with Crippen molar-refractivity contribution in [2.75, 3.05) is 19.6 Å². The van der Waals surface area contributed by atoms with Crippen LogP contribution >= 0.6 is 0 Å². The molecule has 5 heteroatoms. The lowest BCUT2D eigenvalue weighted by atomic mass is 10.4. The third-order valence-electron chi connectivity index (χ3n) is 1.73. The van der Waals surface area contributed by atoms with Crippen molar-refractivity contribution in [1.29, 1.82) is 0 Å². The van der Waals surface area contributed by atoms with Crippen molar-refractivity contribution in [3.63, 3.8) is 0 Å². The molecule has 1 aromatic heterocycles. The lowest BCUT2D eigenvalue weighted by molar-refractivity contribution is 0.601. The van der Waals surface area contributed by atoms with Crippen LogP contribution < -0.4 is 10.6 Å². The van der Waals surface area contributed by atoms with Gasteiger partial charge in [-0.3, -0.25) is 0 Å². The Hall–Kier alpha value is -0.940. The predicted octanol–water partition coefficient (Wildman–Crippen LogP) is -0.106. The Morgan fingerprint density at radius 2 is 2.23 bits per heavy atom. The molecule has 1 rings (SSSR count). The first-order chi connectivity index (χ1) is 6.43. The Labute approximate surface area is 78.3 Å². The smallest absolute Gasteiger partial charge is 0.0962 e. The van der Waals surface area contributed by atoms with Crippen molar-refractivity contribution in [2.45, 2.75) is 19.9 Å². The maximum Gasteiger partial charge on any atom is 0.0962 e. The first-order valence-corrected chi connectivity index (χ1v) is 4.69. The van der Waals surface area contributed by atoms with Gasteiger partial charge in [-0.25, -0.2) is 0 Å².